The van der Waals surface area contributed by atoms with E-state index in [9.17, 15) is 0 Å². The maximum atomic E-state index is 5.70. The first-order valence-electron chi connectivity index (χ1n) is 4.94. The zero-order valence-corrected chi connectivity index (χ0v) is 9.89. The van der Waals surface area contributed by atoms with E-state index in [0.29, 0.717) is 4.77 Å². The van der Waals surface area contributed by atoms with E-state index in [-0.39, 0.29) is 6.10 Å². The molecular formula is C11H14N2OS. The Morgan fingerprint density at radius 2 is 2.13 bits per heavy atom. The third-order valence-electron chi connectivity index (χ3n) is 2.26. The summed E-state index contributed by atoms with van der Waals surface area (Å²) >= 11 is 5.18. The highest BCUT2D eigenvalue weighted by Crippen LogP contribution is 2.24. The molecule has 0 atom stereocenters. The molecule has 0 saturated carbocycles. The summed E-state index contributed by atoms with van der Waals surface area (Å²) in [7, 11) is 1.94. The highest BCUT2D eigenvalue weighted by Gasteiger charge is 2.07. The lowest BCUT2D eigenvalue weighted by atomic mass is 10.3. The molecule has 1 aromatic heterocycles. The Morgan fingerprint density at radius 3 is 2.80 bits per heavy atom. The summed E-state index contributed by atoms with van der Waals surface area (Å²) < 4.78 is 8.36. The van der Waals surface area contributed by atoms with E-state index in [1.807, 2.05) is 43.7 Å². The van der Waals surface area contributed by atoms with E-state index >= 15 is 0 Å². The minimum atomic E-state index is 0.165. The summed E-state index contributed by atoms with van der Waals surface area (Å²) in [5.74, 6) is 0.856. The molecule has 4 heteroatoms. The van der Waals surface area contributed by atoms with Crippen LogP contribution in [0.15, 0.2) is 18.2 Å². The minimum Gasteiger partial charge on any atom is -0.489 e. The van der Waals surface area contributed by atoms with E-state index < -0.39 is 0 Å². The number of imidazole rings is 1. The molecule has 0 fully saturated rings. The van der Waals surface area contributed by atoms with Gasteiger partial charge in [0.25, 0.3) is 0 Å². The van der Waals surface area contributed by atoms with Crippen LogP contribution in [0, 0.1) is 4.77 Å². The SMILES string of the molecule is CC(C)Oc1cccc2c1[nH]c(=S)n2C. The summed E-state index contributed by atoms with van der Waals surface area (Å²) in [5.41, 5.74) is 2.04. The molecule has 1 aromatic carbocycles. The summed E-state index contributed by atoms with van der Waals surface area (Å²) in [5, 5.41) is 0. The Hall–Kier alpha value is -1.29. The number of fused-ring (bicyclic) bond motifs is 1. The molecule has 1 N–H and O–H groups in total. The number of aromatic amines is 1. The van der Waals surface area contributed by atoms with Crippen molar-refractivity contribution < 1.29 is 4.74 Å². The van der Waals surface area contributed by atoms with Gasteiger partial charge in [-0.25, -0.2) is 0 Å². The zero-order chi connectivity index (χ0) is 11.0. The molecule has 0 unspecified atom stereocenters. The number of aromatic nitrogens is 2. The summed E-state index contributed by atoms with van der Waals surface area (Å²) in [6.07, 6.45) is 0.165. The van der Waals surface area contributed by atoms with Crippen LogP contribution >= 0.6 is 12.2 Å². The molecular weight excluding hydrogens is 208 g/mol. The number of hydrogen-bond donors (Lipinski definition) is 1. The summed E-state index contributed by atoms with van der Waals surface area (Å²) in [6, 6.07) is 5.95. The predicted molar refractivity (Wildman–Crippen MR) is 63.9 cm³/mol. The lowest BCUT2D eigenvalue weighted by molar-refractivity contribution is 0.245. The Balaban J connectivity index is 2.66. The molecule has 3 nitrogen and oxygen atoms in total. The van der Waals surface area contributed by atoms with Gasteiger partial charge in [0.1, 0.15) is 11.3 Å². The van der Waals surface area contributed by atoms with Crippen molar-refractivity contribution in [1.82, 2.24) is 9.55 Å². The fourth-order valence-corrected chi connectivity index (χ4v) is 1.78. The Morgan fingerprint density at radius 1 is 1.40 bits per heavy atom. The largest absolute Gasteiger partial charge is 0.489 e. The summed E-state index contributed by atoms with van der Waals surface area (Å²) in [6.45, 7) is 4.02. The number of benzene rings is 1. The number of para-hydroxylation sites is 1. The monoisotopic (exact) mass is 222 g/mol. The van der Waals surface area contributed by atoms with Crippen molar-refractivity contribution in [3.63, 3.8) is 0 Å². The molecule has 0 aliphatic rings. The smallest absolute Gasteiger partial charge is 0.177 e. The number of aryl methyl sites for hydroxylation is 1. The average molecular weight is 222 g/mol. The Labute approximate surface area is 93.7 Å². The highest BCUT2D eigenvalue weighted by atomic mass is 32.1. The molecule has 0 bridgehead atoms. The van der Waals surface area contributed by atoms with Crippen LogP contribution in [-0.4, -0.2) is 15.7 Å². The summed E-state index contributed by atoms with van der Waals surface area (Å²) in [4.78, 5) is 3.15. The molecule has 0 amide bonds. The van der Waals surface area contributed by atoms with Gasteiger partial charge in [-0.1, -0.05) is 6.07 Å². The van der Waals surface area contributed by atoms with Crippen molar-refractivity contribution in [3.8, 4) is 5.75 Å². The Kier molecular flexibility index (Phi) is 2.52. The fraction of sp³-hybridized carbons (Fsp3) is 0.364. The number of hydrogen-bond acceptors (Lipinski definition) is 2. The number of ether oxygens (including phenoxy) is 1. The molecule has 0 aliphatic carbocycles. The van der Waals surface area contributed by atoms with Crippen molar-refractivity contribution in [2.75, 3.05) is 0 Å². The van der Waals surface area contributed by atoms with E-state index in [0.717, 1.165) is 16.8 Å². The van der Waals surface area contributed by atoms with Gasteiger partial charge in [0.2, 0.25) is 0 Å². The first-order valence-corrected chi connectivity index (χ1v) is 5.35. The lowest BCUT2D eigenvalue weighted by Crippen LogP contribution is -2.05. The van der Waals surface area contributed by atoms with Gasteiger partial charge in [0.15, 0.2) is 4.77 Å². The molecule has 1 heterocycles. The first kappa shape index (κ1) is 10.2. The van der Waals surface area contributed by atoms with Gasteiger partial charge in [-0.3, -0.25) is 0 Å². The van der Waals surface area contributed by atoms with Crippen LogP contribution in [0.25, 0.3) is 11.0 Å². The number of H-pyrrole nitrogens is 1. The predicted octanol–water partition coefficient (Wildman–Crippen LogP) is 3.02. The van der Waals surface area contributed by atoms with Crippen LogP contribution in [0.2, 0.25) is 0 Å². The van der Waals surface area contributed by atoms with Crippen molar-refractivity contribution in [2.24, 2.45) is 7.05 Å². The first-order chi connectivity index (χ1) is 7.09. The second-order valence-corrected chi connectivity index (χ2v) is 4.19. The van der Waals surface area contributed by atoms with Gasteiger partial charge in [-0.05, 0) is 38.2 Å². The normalized spacial score (nSPS) is 11.2. The quantitative estimate of drug-likeness (QED) is 0.792. The maximum Gasteiger partial charge on any atom is 0.177 e. The minimum absolute atomic E-state index is 0.165. The van der Waals surface area contributed by atoms with E-state index in [4.69, 9.17) is 17.0 Å². The van der Waals surface area contributed by atoms with Crippen LogP contribution in [0.3, 0.4) is 0 Å². The third kappa shape index (κ3) is 1.77. The second kappa shape index (κ2) is 3.70. The van der Waals surface area contributed by atoms with Crippen LogP contribution < -0.4 is 4.74 Å². The Bertz CT molecular complexity index is 539. The van der Waals surface area contributed by atoms with Gasteiger partial charge in [-0.2, -0.15) is 0 Å². The van der Waals surface area contributed by atoms with Gasteiger partial charge >= 0.3 is 0 Å². The van der Waals surface area contributed by atoms with Crippen molar-refractivity contribution >= 4 is 23.3 Å². The van der Waals surface area contributed by atoms with Crippen molar-refractivity contribution in [2.45, 2.75) is 20.0 Å². The molecule has 0 spiro atoms. The van der Waals surface area contributed by atoms with Crippen molar-refractivity contribution in [1.29, 1.82) is 0 Å². The number of nitrogens with zero attached hydrogens (tertiary/aromatic N) is 1. The van der Waals surface area contributed by atoms with Crippen LogP contribution in [0.4, 0.5) is 0 Å². The van der Waals surface area contributed by atoms with E-state index in [2.05, 4.69) is 4.98 Å². The molecule has 2 rings (SSSR count). The lowest BCUT2D eigenvalue weighted by Gasteiger charge is -2.10. The average Bonchev–Trinajstić information content (AvgIpc) is 2.45. The molecule has 15 heavy (non-hydrogen) atoms. The highest BCUT2D eigenvalue weighted by molar-refractivity contribution is 7.71. The molecule has 0 saturated heterocycles. The van der Waals surface area contributed by atoms with Crippen molar-refractivity contribution in [3.05, 3.63) is 23.0 Å². The van der Waals surface area contributed by atoms with Crippen LogP contribution in [0.5, 0.6) is 5.75 Å². The molecule has 0 radical (unpaired) electrons. The van der Waals surface area contributed by atoms with E-state index in [1.165, 1.54) is 0 Å². The molecule has 2 aromatic rings. The standard InChI is InChI=1S/C11H14N2OS/c1-7(2)14-9-6-4-5-8-10(9)12-11(15)13(8)3/h4-7H,1-3H3,(H,12,15). The van der Waals surface area contributed by atoms with Crippen LogP contribution in [-0.2, 0) is 7.05 Å². The van der Waals surface area contributed by atoms with E-state index in [1.54, 1.807) is 0 Å². The maximum absolute atomic E-state index is 5.70. The zero-order valence-electron chi connectivity index (χ0n) is 9.07. The third-order valence-corrected chi connectivity index (χ3v) is 2.64. The van der Waals surface area contributed by atoms with Gasteiger partial charge < -0.3 is 14.3 Å². The van der Waals surface area contributed by atoms with Gasteiger partial charge in [0.05, 0.1) is 11.6 Å². The topological polar surface area (TPSA) is 29.9 Å². The fourth-order valence-electron chi connectivity index (χ4n) is 1.58. The molecule has 0 aliphatic heterocycles. The second-order valence-electron chi connectivity index (χ2n) is 3.81. The molecule has 80 valence electrons. The van der Waals surface area contributed by atoms with Gasteiger partial charge in [-0.15, -0.1) is 0 Å². The number of nitrogens with one attached hydrogen (secondary N) is 1. The number of rotatable bonds is 2. The van der Waals surface area contributed by atoms with Crippen LogP contribution in [0.1, 0.15) is 13.8 Å². The van der Waals surface area contributed by atoms with Gasteiger partial charge in [0, 0.05) is 7.05 Å².